The van der Waals surface area contributed by atoms with Gasteiger partial charge in [0.05, 0.1) is 12.2 Å². The maximum absolute atomic E-state index is 11.1. The number of carbonyl (C=O) groups is 1. The molecule has 0 saturated heterocycles. The average Bonchev–Trinajstić information content (AvgIpc) is 2.54. The van der Waals surface area contributed by atoms with Crippen LogP contribution in [0.5, 0.6) is 0 Å². The molecule has 0 bridgehead atoms. The molecule has 3 atom stereocenters. The van der Waals surface area contributed by atoms with E-state index in [-0.39, 0.29) is 18.5 Å². The lowest BCUT2D eigenvalue weighted by molar-refractivity contribution is -0.141. The summed E-state index contributed by atoms with van der Waals surface area (Å²) in [6, 6.07) is 9.69. The molecule has 122 valence electrons. The molecular formula is C19H22O4. The number of rotatable bonds is 7. The standard InChI is InChI=1S/C19H22O4/c20-16(8-4-9-18-10-5-11-19(22)23-18)14-17(21)13-12-15-6-2-1-3-7-15/h1-7,9,11-13,16-18,20-21H,8,10,14H2/b9-4+,13-12+/t16-,17-,18+/m1/s1. The first-order valence-electron chi connectivity index (χ1n) is 7.76. The first-order chi connectivity index (χ1) is 11.1. The van der Waals surface area contributed by atoms with Gasteiger partial charge in [0.1, 0.15) is 6.10 Å². The van der Waals surface area contributed by atoms with E-state index in [2.05, 4.69) is 0 Å². The van der Waals surface area contributed by atoms with Crippen LogP contribution in [-0.4, -0.2) is 34.5 Å². The number of hydrogen-bond donors (Lipinski definition) is 2. The van der Waals surface area contributed by atoms with Crippen molar-refractivity contribution >= 4 is 12.0 Å². The van der Waals surface area contributed by atoms with Crippen LogP contribution in [0.3, 0.4) is 0 Å². The maximum atomic E-state index is 11.1. The normalized spacial score (nSPS) is 20.8. The summed E-state index contributed by atoms with van der Waals surface area (Å²) in [4.78, 5) is 11.1. The van der Waals surface area contributed by atoms with E-state index in [9.17, 15) is 15.0 Å². The molecule has 2 rings (SSSR count). The molecule has 0 saturated carbocycles. The smallest absolute Gasteiger partial charge is 0.331 e. The van der Waals surface area contributed by atoms with E-state index in [0.29, 0.717) is 12.8 Å². The second-order valence-electron chi connectivity index (χ2n) is 5.50. The fraction of sp³-hybridized carbons (Fsp3) is 0.316. The van der Waals surface area contributed by atoms with Gasteiger partial charge < -0.3 is 14.9 Å². The van der Waals surface area contributed by atoms with Gasteiger partial charge in [-0.3, -0.25) is 0 Å². The summed E-state index contributed by atoms with van der Waals surface area (Å²) < 4.78 is 5.08. The Bertz CT molecular complexity index is 574. The van der Waals surface area contributed by atoms with Gasteiger partial charge in [0, 0.05) is 18.9 Å². The predicted octanol–water partition coefficient (Wildman–Crippen LogP) is 2.63. The molecule has 1 aromatic rings. The summed E-state index contributed by atoms with van der Waals surface area (Å²) in [6.45, 7) is 0. The van der Waals surface area contributed by atoms with E-state index in [1.807, 2.05) is 36.4 Å². The fourth-order valence-corrected chi connectivity index (χ4v) is 2.28. The van der Waals surface area contributed by atoms with Crippen molar-refractivity contribution in [3.05, 3.63) is 66.3 Å². The first-order valence-corrected chi connectivity index (χ1v) is 7.76. The van der Waals surface area contributed by atoms with Crippen LogP contribution < -0.4 is 0 Å². The molecule has 1 aromatic carbocycles. The topological polar surface area (TPSA) is 66.8 Å². The van der Waals surface area contributed by atoms with Crippen LogP contribution in [0.1, 0.15) is 24.8 Å². The molecule has 2 N–H and O–H groups in total. The van der Waals surface area contributed by atoms with Gasteiger partial charge in [0.2, 0.25) is 0 Å². The van der Waals surface area contributed by atoms with Crippen LogP contribution in [0.2, 0.25) is 0 Å². The Hall–Kier alpha value is -2.17. The zero-order valence-corrected chi connectivity index (χ0v) is 12.9. The number of ether oxygens (including phenoxy) is 1. The van der Waals surface area contributed by atoms with Crippen LogP contribution in [0, 0.1) is 0 Å². The maximum Gasteiger partial charge on any atom is 0.331 e. The van der Waals surface area contributed by atoms with Gasteiger partial charge in [0.15, 0.2) is 0 Å². The Morgan fingerprint density at radius 1 is 1.26 bits per heavy atom. The fourth-order valence-electron chi connectivity index (χ4n) is 2.28. The molecule has 4 heteroatoms. The zero-order chi connectivity index (χ0) is 16.5. The number of aliphatic hydroxyl groups excluding tert-OH is 2. The van der Waals surface area contributed by atoms with Crippen LogP contribution in [-0.2, 0) is 9.53 Å². The summed E-state index contributed by atoms with van der Waals surface area (Å²) in [5.41, 5.74) is 1.01. The molecule has 0 aromatic heterocycles. The summed E-state index contributed by atoms with van der Waals surface area (Å²) in [6.07, 6.45) is 9.98. The predicted molar refractivity (Wildman–Crippen MR) is 89.5 cm³/mol. The summed E-state index contributed by atoms with van der Waals surface area (Å²) >= 11 is 0. The molecule has 1 aliphatic rings. The number of cyclic esters (lactones) is 1. The Kier molecular flexibility index (Phi) is 6.78. The quantitative estimate of drug-likeness (QED) is 0.600. The Morgan fingerprint density at radius 2 is 2.04 bits per heavy atom. The third-order valence-corrected chi connectivity index (χ3v) is 3.47. The highest BCUT2D eigenvalue weighted by atomic mass is 16.5. The molecule has 1 heterocycles. The number of hydrogen-bond acceptors (Lipinski definition) is 4. The molecule has 0 radical (unpaired) electrons. The van der Waals surface area contributed by atoms with Crippen molar-refractivity contribution in [2.45, 2.75) is 37.6 Å². The number of esters is 1. The lowest BCUT2D eigenvalue weighted by atomic mass is 10.1. The highest BCUT2D eigenvalue weighted by molar-refractivity contribution is 5.82. The minimum atomic E-state index is -0.700. The van der Waals surface area contributed by atoms with Crippen molar-refractivity contribution in [1.82, 2.24) is 0 Å². The second-order valence-corrected chi connectivity index (χ2v) is 5.50. The lowest BCUT2D eigenvalue weighted by Crippen LogP contribution is -2.18. The first kappa shape index (κ1) is 17.2. The van der Waals surface area contributed by atoms with Crippen molar-refractivity contribution < 1.29 is 19.7 Å². The van der Waals surface area contributed by atoms with Crippen LogP contribution in [0.25, 0.3) is 6.08 Å². The summed E-state index contributed by atoms with van der Waals surface area (Å²) in [5.74, 6) is -0.340. The van der Waals surface area contributed by atoms with E-state index in [1.54, 1.807) is 24.3 Å². The average molecular weight is 314 g/mol. The van der Waals surface area contributed by atoms with E-state index in [1.165, 1.54) is 6.08 Å². The van der Waals surface area contributed by atoms with Crippen molar-refractivity contribution in [1.29, 1.82) is 0 Å². The summed E-state index contributed by atoms with van der Waals surface area (Å²) in [5, 5.41) is 19.8. The minimum Gasteiger partial charge on any atom is -0.455 e. The number of aliphatic hydroxyl groups is 2. The van der Waals surface area contributed by atoms with Gasteiger partial charge in [-0.2, -0.15) is 0 Å². The highest BCUT2D eigenvalue weighted by Gasteiger charge is 2.13. The van der Waals surface area contributed by atoms with Crippen LogP contribution >= 0.6 is 0 Å². The van der Waals surface area contributed by atoms with Crippen LogP contribution in [0.4, 0.5) is 0 Å². The van der Waals surface area contributed by atoms with Crippen LogP contribution in [0.15, 0.2) is 60.7 Å². The minimum absolute atomic E-state index is 0.261. The molecule has 4 nitrogen and oxygen atoms in total. The molecule has 0 unspecified atom stereocenters. The molecule has 23 heavy (non-hydrogen) atoms. The monoisotopic (exact) mass is 314 g/mol. The summed E-state index contributed by atoms with van der Waals surface area (Å²) in [7, 11) is 0. The number of carbonyl (C=O) groups excluding carboxylic acids is 1. The largest absolute Gasteiger partial charge is 0.455 e. The van der Waals surface area contributed by atoms with Gasteiger partial charge in [-0.15, -0.1) is 0 Å². The second kappa shape index (κ2) is 9.08. The number of benzene rings is 1. The van der Waals surface area contributed by atoms with E-state index in [4.69, 9.17) is 4.74 Å². The van der Waals surface area contributed by atoms with Gasteiger partial charge in [-0.1, -0.05) is 54.6 Å². The molecule has 1 aliphatic heterocycles. The van der Waals surface area contributed by atoms with Gasteiger partial charge >= 0.3 is 5.97 Å². The molecule has 0 spiro atoms. The van der Waals surface area contributed by atoms with E-state index in [0.717, 1.165) is 5.56 Å². The van der Waals surface area contributed by atoms with Gasteiger partial charge in [-0.25, -0.2) is 4.79 Å². The Labute approximate surface area is 136 Å². The highest BCUT2D eigenvalue weighted by Crippen LogP contribution is 2.11. The third-order valence-electron chi connectivity index (χ3n) is 3.47. The molecule has 0 aliphatic carbocycles. The Morgan fingerprint density at radius 3 is 2.78 bits per heavy atom. The van der Waals surface area contributed by atoms with Crippen molar-refractivity contribution in [3.63, 3.8) is 0 Å². The molecule has 0 amide bonds. The lowest BCUT2D eigenvalue weighted by Gasteiger charge is -2.15. The van der Waals surface area contributed by atoms with Gasteiger partial charge in [0.25, 0.3) is 0 Å². The Balaban J connectivity index is 1.71. The zero-order valence-electron chi connectivity index (χ0n) is 12.9. The molecular weight excluding hydrogens is 292 g/mol. The SMILES string of the molecule is O=C1C=CC[C@H](/C=C/C[C@@H](O)C[C@H](O)/C=C/c2ccccc2)O1. The molecule has 0 fully saturated rings. The van der Waals surface area contributed by atoms with E-state index >= 15 is 0 Å². The van der Waals surface area contributed by atoms with Crippen molar-refractivity contribution in [2.24, 2.45) is 0 Å². The van der Waals surface area contributed by atoms with E-state index < -0.39 is 12.2 Å². The van der Waals surface area contributed by atoms with Crippen molar-refractivity contribution in [3.8, 4) is 0 Å². The third kappa shape index (κ3) is 6.63. The van der Waals surface area contributed by atoms with Gasteiger partial charge in [-0.05, 0) is 18.1 Å². The van der Waals surface area contributed by atoms with Crippen molar-refractivity contribution in [2.75, 3.05) is 0 Å².